The number of methoxy groups -OCH3 is 1. The van der Waals surface area contributed by atoms with E-state index in [0.29, 0.717) is 23.7 Å². The van der Waals surface area contributed by atoms with Crippen LogP contribution in [-0.2, 0) is 11.2 Å². The summed E-state index contributed by atoms with van der Waals surface area (Å²) in [5.74, 6) is 0.372. The molecule has 0 amide bonds. The van der Waals surface area contributed by atoms with Gasteiger partial charge in [-0.05, 0) is 24.1 Å². The zero-order chi connectivity index (χ0) is 12.0. The molecule has 0 aliphatic heterocycles. The van der Waals surface area contributed by atoms with Crippen molar-refractivity contribution in [1.82, 2.24) is 0 Å². The summed E-state index contributed by atoms with van der Waals surface area (Å²) in [5, 5.41) is 8.69. The molecule has 0 saturated heterocycles. The minimum atomic E-state index is -0.855. The molecule has 0 fully saturated rings. The second-order valence-electron chi connectivity index (χ2n) is 3.40. The third-order valence-corrected chi connectivity index (χ3v) is 2.05. The summed E-state index contributed by atoms with van der Waals surface area (Å²) in [7, 11) is 1.56. The molecule has 0 unspecified atom stereocenters. The fraction of sp³-hybridized carbons (Fsp3) is 0.417. The quantitative estimate of drug-likeness (QED) is 0.804. The van der Waals surface area contributed by atoms with E-state index in [4.69, 9.17) is 14.6 Å². The van der Waals surface area contributed by atoms with E-state index < -0.39 is 5.97 Å². The van der Waals surface area contributed by atoms with E-state index >= 15 is 0 Å². The second-order valence-corrected chi connectivity index (χ2v) is 3.40. The maximum absolute atomic E-state index is 10.6. The highest BCUT2D eigenvalue weighted by Crippen LogP contribution is 2.28. The van der Waals surface area contributed by atoms with Crippen LogP contribution in [0.2, 0.25) is 0 Å². The average molecular weight is 224 g/mol. The van der Waals surface area contributed by atoms with Crippen LogP contribution in [0, 0.1) is 0 Å². The Bertz CT molecular complexity index is 360. The van der Waals surface area contributed by atoms with Crippen LogP contribution in [0.3, 0.4) is 0 Å². The lowest BCUT2D eigenvalue weighted by Crippen LogP contribution is -2.02. The largest absolute Gasteiger partial charge is 0.493 e. The molecule has 0 spiro atoms. The van der Waals surface area contributed by atoms with Gasteiger partial charge in [0, 0.05) is 0 Å². The Hall–Kier alpha value is -1.71. The van der Waals surface area contributed by atoms with Gasteiger partial charge in [0.1, 0.15) is 0 Å². The summed E-state index contributed by atoms with van der Waals surface area (Å²) in [5.41, 5.74) is 0.708. The lowest BCUT2D eigenvalue weighted by Gasteiger charge is -2.11. The summed E-state index contributed by atoms with van der Waals surface area (Å²) in [4.78, 5) is 10.6. The summed E-state index contributed by atoms with van der Waals surface area (Å²) >= 11 is 0. The summed E-state index contributed by atoms with van der Waals surface area (Å²) in [6.45, 7) is 2.60. The van der Waals surface area contributed by atoms with Crippen molar-refractivity contribution in [2.24, 2.45) is 0 Å². The Morgan fingerprint density at radius 2 is 2.12 bits per heavy atom. The predicted molar refractivity (Wildman–Crippen MR) is 60.1 cm³/mol. The van der Waals surface area contributed by atoms with Gasteiger partial charge in [0.05, 0.1) is 20.1 Å². The maximum Gasteiger partial charge on any atom is 0.307 e. The first-order valence-electron chi connectivity index (χ1n) is 5.19. The van der Waals surface area contributed by atoms with Crippen molar-refractivity contribution in [2.45, 2.75) is 19.8 Å². The van der Waals surface area contributed by atoms with Crippen LogP contribution >= 0.6 is 0 Å². The molecule has 0 bridgehead atoms. The number of hydrogen-bond donors (Lipinski definition) is 1. The van der Waals surface area contributed by atoms with Crippen LogP contribution in [0.5, 0.6) is 11.5 Å². The van der Waals surface area contributed by atoms with Crippen molar-refractivity contribution < 1.29 is 19.4 Å². The first-order chi connectivity index (χ1) is 7.67. The van der Waals surface area contributed by atoms with Gasteiger partial charge in [0.15, 0.2) is 11.5 Å². The third kappa shape index (κ3) is 3.46. The topological polar surface area (TPSA) is 55.8 Å². The minimum Gasteiger partial charge on any atom is -0.493 e. The molecule has 0 saturated carbocycles. The number of carboxylic acid groups (broad SMARTS) is 1. The van der Waals surface area contributed by atoms with Crippen molar-refractivity contribution in [3.63, 3.8) is 0 Å². The van der Waals surface area contributed by atoms with Gasteiger partial charge in [-0.2, -0.15) is 0 Å². The number of hydrogen-bond acceptors (Lipinski definition) is 3. The van der Waals surface area contributed by atoms with Crippen LogP contribution in [0.4, 0.5) is 0 Å². The third-order valence-electron chi connectivity index (χ3n) is 2.05. The molecule has 1 rings (SSSR count). The molecule has 4 nitrogen and oxygen atoms in total. The van der Waals surface area contributed by atoms with E-state index in [1.54, 1.807) is 25.3 Å². The minimum absolute atomic E-state index is 0.00746. The molecular weight excluding hydrogens is 208 g/mol. The zero-order valence-electron chi connectivity index (χ0n) is 9.53. The molecule has 0 aliphatic carbocycles. The van der Waals surface area contributed by atoms with Gasteiger partial charge in [0.25, 0.3) is 0 Å². The van der Waals surface area contributed by atoms with Gasteiger partial charge < -0.3 is 14.6 Å². The molecule has 1 aromatic carbocycles. The Labute approximate surface area is 94.8 Å². The molecule has 88 valence electrons. The van der Waals surface area contributed by atoms with Crippen LogP contribution in [0.25, 0.3) is 0 Å². The van der Waals surface area contributed by atoms with E-state index in [0.717, 1.165) is 6.42 Å². The fourth-order valence-corrected chi connectivity index (χ4v) is 1.33. The smallest absolute Gasteiger partial charge is 0.307 e. The van der Waals surface area contributed by atoms with Gasteiger partial charge in [-0.25, -0.2) is 0 Å². The van der Waals surface area contributed by atoms with Gasteiger partial charge in [-0.1, -0.05) is 13.0 Å². The average Bonchev–Trinajstić information content (AvgIpc) is 2.25. The Balaban J connectivity index is 2.87. The number of benzene rings is 1. The molecule has 0 aliphatic rings. The molecule has 0 aromatic heterocycles. The van der Waals surface area contributed by atoms with E-state index in [1.165, 1.54) is 0 Å². The maximum atomic E-state index is 10.6. The molecule has 1 aromatic rings. The van der Waals surface area contributed by atoms with E-state index in [2.05, 4.69) is 0 Å². The van der Waals surface area contributed by atoms with Gasteiger partial charge >= 0.3 is 5.97 Å². The number of ether oxygens (including phenoxy) is 2. The standard InChI is InChI=1S/C12H16O4/c1-3-6-16-11-7-9(8-12(13)14)4-5-10(11)15-2/h4-5,7H,3,6,8H2,1-2H3,(H,13,14). The van der Waals surface area contributed by atoms with Crippen molar-refractivity contribution in [1.29, 1.82) is 0 Å². The lowest BCUT2D eigenvalue weighted by molar-refractivity contribution is -0.136. The Kier molecular flexibility index (Phi) is 4.64. The molecule has 4 heteroatoms. The summed E-state index contributed by atoms with van der Waals surface area (Å²) in [6.07, 6.45) is 0.888. The summed E-state index contributed by atoms with van der Waals surface area (Å²) < 4.78 is 10.6. The fourth-order valence-electron chi connectivity index (χ4n) is 1.33. The van der Waals surface area contributed by atoms with Gasteiger partial charge in [0.2, 0.25) is 0 Å². The van der Waals surface area contributed by atoms with Gasteiger partial charge in [-0.3, -0.25) is 4.79 Å². The molecule has 1 N–H and O–H groups in total. The Morgan fingerprint density at radius 3 is 2.69 bits per heavy atom. The first-order valence-corrected chi connectivity index (χ1v) is 5.19. The number of rotatable bonds is 6. The van der Waals surface area contributed by atoms with Gasteiger partial charge in [-0.15, -0.1) is 0 Å². The lowest BCUT2D eigenvalue weighted by atomic mass is 10.1. The highest BCUT2D eigenvalue weighted by Gasteiger charge is 2.07. The van der Waals surface area contributed by atoms with Crippen molar-refractivity contribution in [3.8, 4) is 11.5 Å². The molecular formula is C12H16O4. The molecule has 16 heavy (non-hydrogen) atoms. The van der Waals surface area contributed by atoms with E-state index in [-0.39, 0.29) is 6.42 Å². The highest BCUT2D eigenvalue weighted by molar-refractivity contribution is 5.70. The predicted octanol–water partition coefficient (Wildman–Crippen LogP) is 2.11. The number of aliphatic carboxylic acids is 1. The van der Waals surface area contributed by atoms with Crippen LogP contribution in [-0.4, -0.2) is 24.8 Å². The number of carbonyl (C=O) groups is 1. The normalized spacial score (nSPS) is 9.88. The van der Waals surface area contributed by atoms with Crippen LogP contribution in [0.1, 0.15) is 18.9 Å². The molecule has 0 heterocycles. The highest BCUT2D eigenvalue weighted by atomic mass is 16.5. The monoisotopic (exact) mass is 224 g/mol. The Morgan fingerprint density at radius 1 is 1.38 bits per heavy atom. The van der Waals surface area contributed by atoms with Crippen LogP contribution < -0.4 is 9.47 Å². The molecule has 0 radical (unpaired) electrons. The van der Waals surface area contributed by atoms with Crippen LogP contribution in [0.15, 0.2) is 18.2 Å². The van der Waals surface area contributed by atoms with Crippen molar-refractivity contribution in [2.75, 3.05) is 13.7 Å². The van der Waals surface area contributed by atoms with E-state index in [9.17, 15) is 4.79 Å². The molecule has 0 atom stereocenters. The van der Waals surface area contributed by atoms with Crippen molar-refractivity contribution >= 4 is 5.97 Å². The second kappa shape index (κ2) is 6.00. The zero-order valence-corrected chi connectivity index (χ0v) is 9.53. The first kappa shape index (κ1) is 12.4. The van der Waals surface area contributed by atoms with E-state index in [1.807, 2.05) is 6.92 Å². The van der Waals surface area contributed by atoms with Crippen molar-refractivity contribution in [3.05, 3.63) is 23.8 Å². The summed E-state index contributed by atoms with van der Waals surface area (Å²) in [6, 6.07) is 5.16. The number of carboxylic acids is 1. The SMILES string of the molecule is CCCOc1cc(CC(=O)O)ccc1OC.